The van der Waals surface area contributed by atoms with Crippen molar-refractivity contribution in [3.05, 3.63) is 12.7 Å². The fourth-order valence-electron chi connectivity index (χ4n) is 3.20. The van der Waals surface area contributed by atoms with Crippen LogP contribution in [0.2, 0.25) is 0 Å². The molecule has 140 valence electrons. The molecular weight excluding hydrogens is 361 g/mol. The molecule has 0 aliphatic heterocycles. The van der Waals surface area contributed by atoms with E-state index in [0.717, 1.165) is 12.8 Å². The summed E-state index contributed by atoms with van der Waals surface area (Å²) in [5.74, 6) is -3.82. The number of nitrogens with one attached hydrogen (secondary N) is 2. The van der Waals surface area contributed by atoms with Gasteiger partial charge in [-0.1, -0.05) is 18.9 Å². The molecule has 0 aromatic rings. The van der Waals surface area contributed by atoms with Crippen LogP contribution < -0.4 is 10.0 Å². The number of halogens is 3. The van der Waals surface area contributed by atoms with Crippen molar-refractivity contribution in [2.75, 3.05) is 0 Å². The zero-order valence-electron chi connectivity index (χ0n) is 13.4. The third-order valence-corrected chi connectivity index (χ3v) is 7.43. The van der Waals surface area contributed by atoms with Gasteiger partial charge in [0.2, 0.25) is 10.0 Å². The van der Waals surface area contributed by atoms with E-state index in [0.29, 0.717) is 25.2 Å². The van der Waals surface area contributed by atoms with Crippen LogP contribution in [0, 0.1) is 11.8 Å². The normalized spacial score (nSPS) is 30.3. The highest BCUT2D eigenvalue weighted by Crippen LogP contribution is 2.53. The number of hydrogen-bond donors (Lipinski definition) is 2. The van der Waals surface area contributed by atoms with E-state index in [4.69, 9.17) is 0 Å². The lowest BCUT2D eigenvalue weighted by Crippen LogP contribution is -2.56. The molecule has 0 radical (unpaired) electrons. The highest BCUT2D eigenvalue weighted by molar-refractivity contribution is 7.91. The van der Waals surface area contributed by atoms with Crippen LogP contribution in [0.25, 0.3) is 0 Å². The number of rotatable bonds is 7. The largest absolute Gasteiger partial charge is 0.471 e. The molecule has 0 aromatic carbocycles. The highest BCUT2D eigenvalue weighted by Gasteiger charge is 2.64. The van der Waals surface area contributed by atoms with E-state index in [1.165, 1.54) is 6.08 Å². The van der Waals surface area contributed by atoms with Crippen molar-refractivity contribution in [2.45, 2.75) is 55.0 Å². The minimum atomic E-state index is -5.16. The monoisotopic (exact) mass is 380 g/mol. The van der Waals surface area contributed by atoms with Crippen molar-refractivity contribution in [3.8, 4) is 0 Å². The number of amides is 2. The van der Waals surface area contributed by atoms with Gasteiger partial charge in [-0.25, -0.2) is 8.42 Å². The first-order valence-electron chi connectivity index (χ1n) is 8.04. The Labute approximate surface area is 143 Å². The molecule has 2 unspecified atom stereocenters. The Balaban J connectivity index is 1.73. The second-order valence-corrected chi connectivity index (χ2v) is 9.31. The summed E-state index contributed by atoms with van der Waals surface area (Å²) >= 11 is 0. The average Bonchev–Trinajstić information content (AvgIpc) is 3.35. The lowest BCUT2D eigenvalue weighted by atomic mass is 10.2. The number of hydrogen-bond acceptors (Lipinski definition) is 4. The van der Waals surface area contributed by atoms with E-state index in [1.807, 2.05) is 4.72 Å². The zero-order chi connectivity index (χ0) is 18.7. The molecule has 0 saturated heterocycles. The summed E-state index contributed by atoms with van der Waals surface area (Å²) in [5.41, 5.74) is -1.91. The van der Waals surface area contributed by atoms with Crippen LogP contribution in [0.15, 0.2) is 12.7 Å². The van der Waals surface area contributed by atoms with E-state index >= 15 is 0 Å². The first-order chi connectivity index (χ1) is 11.5. The quantitative estimate of drug-likeness (QED) is 0.653. The number of alkyl halides is 3. The van der Waals surface area contributed by atoms with Gasteiger partial charge < -0.3 is 5.32 Å². The molecule has 10 heteroatoms. The van der Waals surface area contributed by atoms with Crippen molar-refractivity contribution < 1.29 is 31.2 Å². The van der Waals surface area contributed by atoms with Gasteiger partial charge in [0.15, 0.2) is 0 Å². The lowest BCUT2D eigenvalue weighted by Gasteiger charge is -2.22. The smallest absolute Gasteiger partial charge is 0.333 e. The number of carbonyl (C=O) groups excluding carboxylic acids is 2. The van der Waals surface area contributed by atoms with Crippen molar-refractivity contribution in [2.24, 2.45) is 11.8 Å². The molecule has 0 spiro atoms. The van der Waals surface area contributed by atoms with Crippen LogP contribution in [0.3, 0.4) is 0 Å². The summed E-state index contributed by atoms with van der Waals surface area (Å²) in [6.45, 7) is 3.41. The van der Waals surface area contributed by atoms with Gasteiger partial charge in [0.25, 0.3) is 5.91 Å². The summed E-state index contributed by atoms with van der Waals surface area (Å²) in [4.78, 5) is 23.6. The van der Waals surface area contributed by atoms with Gasteiger partial charge in [-0.2, -0.15) is 13.2 Å². The molecule has 3 fully saturated rings. The summed E-state index contributed by atoms with van der Waals surface area (Å²) in [6, 6.07) is 0. The fraction of sp³-hybridized carbons (Fsp3) is 0.733. The summed E-state index contributed by atoms with van der Waals surface area (Å²) in [5, 5.41) is 1.64. The fourth-order valence-corrected chi connectivity index (χ4v) is 4.94. The Morgan fingerprint density at radius 2 is 1.84 bits per heavy atom. The molecule has 2 atom stereocenters. The van der Waals surface area contributed by atoms with Gasteiger partial charge in [0, 0.05) is 5.92 Å². The standard InChI is InChI=1S/C15H19F3N2O4S/c1-2-10-8-14(10,19-12(22)15(16,17)18)11(21)20-25(23,24)13(5-6-13)7-9-3-4-9/h2,9-10H,1,3-8H2,(H,19,22)(H,20,21). The maximum Gasteiger partial charge on any atom is 0.471 e. The van der Waals surface area contributed by atoms with E-state index in [-0.39, 0.29) is 6.42 Å². The maximum absolute atomic E-state index is 12.5. The first-order valence-corrected chi connectivity index (χ1v) is 9.53. The van der Waals surface area contributed by atoms with Crippen LogP contribution in [0.1, 0.15) is 38.5 Å². The molecule has 0 bridgehead atoms. The summed E-state index contributed by atoms with van der Waals surface area (Å²) in [7, 11) is -4.02. The Kier molecular flexibility index (Phi) is 3.98. The summed E-state index contributed by atoms with van der Waals surface area (Å²) in [6.07, 6.45) is -0.815. The minimum Gasteiger partial charge on any atom is -0.333 e. The van der Waals surface area contributed by atoms with E-state index in [9.17, 15) is 31.2 Å². The second-order valence-electron chi connectivity index (χ2n) is 7.23. The molecule has 25 heavy (non-hydrogen) atoms. The van der Waals surface area contributed by atoms with Crippen LogP contribution >= 0.6 is 0 Å². The third kappa shape index (κ3) is 3.28. The van der Waals surface area contributed by atoms with Gasteiger partial charge in [-0.05, 0) is 31.6 Å². The molecule has 3 aliphatic rings. The average molecular weight is 380 g/mol. The minimum absolute atomic E-state index is 0.116. The first kappa shape index (κ1) is 18.2. The topological polar surface area (TPSA) is 92.3 Å². The van der Waals surface area contributed by atoms with Crippen LogP contribution in [-0.2, 0) is 19.6 Å². The molecule has 3 aliphatic carbocycles. The van der Waals surface area contributed by atoms with Gasteiger partial charge in [0.1, 0.15) is 5.54 Å². The molecule has 2 N–H and O–H groups in total. The SMILES string of the molecule is C=CC1CC1(NC(=O)C(F)(F)F)C(=O)NS(=O)(=O)C1(CC2CC2)CC1. The second kappa shape index (κ2) is 5.46. The van der Waals surface area contributed by atoms with Gasteiger partial charge >= 0.3 is 12.1 Å². The van der Waals surface area contributed by atoms with Crippen molar-refractivity contribution in [1.82, 2.24) is 10.0 Å². The maximum atomic E-state index is 12.5. The third-order valence-electron chi connectivity index (χ3n) is 5.26. The highest BCUT2D eigenvalue weighted by atomic mass is 32.2. The predicted octanol–water partition coefficient (Wildman–Crippen LogP) is 1.39. The molecule has 3 rings (SSSR count). The predicted molar refractivity (Wildman–Crippen MR) is 81.6 cm³/mol. The van der Waals surface area contributed by atoms with E-state index in [1.54, 1.807) is 5.32 Å². The molecule has 0 heterocycles. The van der Waals surface area contributed by atoms with Crippen LogP contribution in [-0.4, -0.2) is 36.7 Å². The van der Waals surface area contributed by atoms with Crippen molar-refractivity contribution in [1.29, 1.82) is 0 Å². The van der Waals surface area contributed by atoms with Crippen LogP contribution in [0.5, 0.6) is 0 Å². The Hall–Kier alpha value is -1.58. The van der Waals surface area contributed by atoms with Gasteiger partial charge in [-0.15, -0.1) is 6.58 Å². The number of carbonyl (C=O) groups is 2. The Bertz CT molecular complexity index is 726. The Morgan fingerprint density at radius 3 is 2.24 bits per heavy atom. The van der Waals surface area contributed by atoms with E-state index in [2.05, 4.69) is 6.58 Å². The molecule has 3 saturated carbocycles. The molecule has 6 nitrogen and oxygen atoms in total. The Morgan fingerprint density at radius 1 is 1.24 bits per heavy atom. The van der Waals surface area contributed by atoms with Crippen molar-refractivity contribution >= 4 is 21.8 Å². The molecule has 2 amide bonds. The molecular formula is C15H19F3N2O4S. The van der Waals surface area contributed by atoms with Gasteiger partial charge in [0.05, 0.1) is 4.75 Å². The van der Waals surface area contributed by atoms with Crippen molar-refractivity contribution in [3.63, 3.8) is 0 Å². The van der Waals surface area contributed by atoms with Gasteiger partial charge in [-0.3, -0.25) is 14.3 Å². The number of sulfonamides is 1. The molecule has 0 aromatic heterocycles. The zero-order valence-corrected chi connectivity index (χ0v) is 14.2. The van der Waals surface area contributed by atoms with E-state index < -0.39 is 44.2 Å². The lowest BCUT2D eigenvalue weighted by molar-refractivity contribution is -0.175. The van der Waals surface area contributed by atoms with Crippen LogP contribution in [0.4, 0.5) is 13.2 Å². The summed E-state index contributed by atoms with van der Waals surface area (Å²) < 4.78 is 63.5.